The molecule has 1 aromatic rings. The van der Waals surface area contributed by atoms with E-state index in [9.17, 15) is 21.6 Å². The van der Waals surface area contributed by atoms with Crippen molar-refractivity contribution in [3.63, 3.8) is 0 Å². The van der Waals surface area contributed by atoms with Crippen molar-refractivity contribution < 1.29 is 21.6 Å². The van der Waals surface area contributed by atoms with Gasteiger partial charge in [-0.2, -0.15) is 13.2 Å². The first-order valence-corrected chi connectivity index (χ1v) is 7.84. The minimum absolute atomic E-state index is 0.0701. The summed E-state index contributed by atoms with van der Waals surface area (Å²) >= 11 is 8.72. The predicted molar refractivity (Wildman–Crippen MR) is 74.1 cm³/mol. The molecule has 0 fully saturated rings. The standard InChI is InChI=1S/C10H11BrClF3N2O2S/c1-17(3-2-10(13,14)15)20(18,19)8-5-6(12)4-7(16)9(8)11/h4-5H,2-3,16H2,1H3. The van der Waals surface area contributed by atoms with Crippen LogP contribution in [0.2, 0.25) is 5.02 Å². The highest BCUT2D eigenvalue weighted by molar-refractivity contribution is 9.10. The summed E-state index contributed by atoms with van der Waals surface area (Å²) in [7, 11) is -3.05. The van der Waals surface area contributed by atoms with Crippen molar-refractivity contribution in [1.82, 2.24) is 4.31 Å². The maximum Gasteiger partial charge on any atom is 0.390 e. The quantitative estimate of drug-likeness (QED) is 0.796. The topological polar surface area (TPSA) is 63.4 Å². The number of halogens is 5. The number of rotatable bonds is 4. The van der Waals surface area contributed by atoms with Gasteiger partial charge in [-0.25, -0.2) is 12.7 Å². The molecule has 0 amide bonds. The van der Waals surface area contributed by atoms with Crippen LogP contribution >= 0.6 is 27.5 Å². The molecular formula is C10H11BrClF3N2O2S. The van der Waals surface area contributed by atoms with Gasteiger partial charge in [-0.1, -0.05) is 11.6 Å². The normalized spacial score (nSPS) is 12.9. The zero-order valence-corrected chi connectivity index (χ0v) is 13.4. The second kappa shape index (κ2) is 6.08. The molecule has 0 saturated carbocycles. The number of nitrogens with two attached hydrogens (primary N) is 1. The van der Waals surface area contributed by atoms with E-state index in [4.69, 9.17) is 17.3 Å². The Morgan fingerprint density at radius 3 is 2.45 bits per heavy atom. The zero-order chi connectivity index (χ0) is 15.7. The highest BCUT2D eigenvalue weighted by Gasteiger charge is 2.31. The van der Waals surface area contributed by atoms with Crippen LogP contribution in [0, 0.1) is 0 Å². The van der Waals surface area contributed by atoms with Gasteiger partial charge < -0.3 is 5.73 Å². The molecule has 0 heterocycles. The first-order chi connectivity index (χ1) is 8.95. The third-order valence-corrected chi connectivity index (χ3v) is 5.68. The second-order valence-corrected chi connectivity index (χ2v) is 7.24. The summed E-state index contributed by atoms with van der Waals surface area (Å²) in [5, 5.41) is 0.0773. The molecule has 0 aliphatic carbocycles. The minimum Gasteiger partial charge on any atom is -0.398 e. The van der Waals surface area contributed by atoms with Gasteiger partial charge in [-0.15, -0.1) is 0 Å². The number of hydrogen-bond acceptors (Lipinski definition) is 3. The van der Waals surface area contributed by atoms with Crippen molar-refractivity contribution in [2.45, 2.75) is 17.5 Å². The molecule has 20 heavy (non-hydrogen) atoms. The molecule has 0 atom stereocenters. The van der Waals surface area contributed by atoms with E-state index in [0.29, 0.717) is 4.31 Å². The largest absolute Gasteiger partial charge is 0.398 e. The molecule has 114 valence electrons. The van der Waals surface area contributed by atoms with Crippen LogP contribution in [-0.2, 0) is 10.0 Å². The monoisotopic (exact) mass is 394 g/mol. The SMILES string of the molecule is CN(CCC(F)(F)F)S(=O)(=O)c1cc(Cl)cc(N)c1Br. The molecule has 0 bridgehead atoms. The molecule has 2 N–H and O–H groups in total. The molecule has 10 heteroatoms. The van der Waals surface area contributed by atoms with Crippen molar-refractivity contribution in [2.24, 2.45) is 0 Å². The fourth-order valence-corrected chi connectivity index (χ4v) is 3.77. The highest BCUT2D eigenvalue weighted by atomic mass is 79.9. The maximum absolute atomic E-state index is 12.2. The fraction of sp³-hybridized carbons (Fsp3) is 0.400. The van der Waals surface area contributed by atoms with Gasteiger partial charge in [0.15, 0.2) is 0 Å². The van der Waals surface area contributed by atoms with Crippen molar-refractivity contribution in [2.75, 3.05) is 19.3 Å². The smallest absolute Gasteiger partial charge is 0.390 e. The van der Waals surface area contributed by atoms with Gasteiger partial charge in [0.1, 0.15) is 0 Å². The second-order valence-electron chi connectivity index (χ2n) is 4.00. The van der Waals surface area contributed by atoms with Gasteiger partial charge in [-0.3, -0.25) is 0 Å². The van der Waals surface area contributed by atoms with Crippen LogP contribution in [0.1, 0.15) is 6.42 Å². The summed E-state index contributed by atoms with van der Waals surface area (Å²) in [6.45, 7) is -0.690. The Balaban J connectivity index is 3.11. The minimum atomic E-state index is -4.44. The number of nitrogen functional groups attached to an aromatic ring is 1. The van der Waals surface area contributed by atoms with Gasteiger partial charge in [-0.05, 0) is 28.1 Å². The molecule has 4 nitrogen and oxygen atoms in total. The van der Waals surface area contributed by atoms with E-state index in [1.54, 1.807) is 0 Å². The number of hydrogen-bond donors (Lipinski definition) is 1. The lowest BCUT2D eigenvalue weighted by molar-refractivity contribution is -0.135. The fourth-order valence-electron chi connectivity index (χ4n) is 1.34. The number of sulfonamides is 1. The average molecular weight is 396 g/mol. The molecule has 0 radical (unpaired) electrons. The molecule has 0 unspecified atom stereocenters. The molecular weight excluding hydrogens is 385 g/mol. The van der Waals surface area contributed by atoms with Crippen LogP contribution in [-0.4, -0.2) is 32.5 Å². The maximum atomic E-state index is 12.2. The number of nitrogens with zero attached hydrogens (tertiary/aromatic N) is 1. The molecule has 0 saturated heterocycles. The molecule has 1 rings (SSSR count). The van der Waals surface area contributed by atoms with Crippen molar-refractivity contribution in [3.8, 4) is 0 Å². The van der Waals surface area contributed by atoms with E-state index in [0.717, 1.165) is 13.1 Å². The van der Waals surface area contributed by atoms with Crippen LogP contribution in [0.3, 0.4) is 0 Å². The van der Waals surface area contributed by atoms with Gasteiger partial charge in [0.05, 0.1) is 15.8 Å². The molecule has 0 aromatic heterocycles. The summed E-state index contributed by atoms with van der Waals surface area (Å²) < 4.78 is 61.5. The first-order valence-electron chi connectivity index (χ1n) is 5.23. The first kappa shape index (κ1) is 17.5. The molecule has 0 aliphatic rings. The third kappa shape index (κ3) is 4.24. The highest BCUT2D eigenvalue weighted by Crippen LogP contribution is 2.33. The number of alkyl halides is 3. The van der Waals surface area contributed by atoms with E-state index in [1.165, 1.54) is 6.07 Å². The summed E-state index contributed by atoms with van der Waals surface area (Å²) in [5.74, 6) is 0. The Labute approximate surface area is 127 Å². The van der Waals surface area contributed by atoms with E-state index < -0.39 is 29.2 Å². The Hall–Kier alpha value is -0.510. The van der Waals surface area contributed by atoms with Gasteiger partial charge in [0.25, 0.3) is 0 Å². The van der Waals surface area contributed by atoms with Crippen LogP contribution in [0.15, 0.2) is 21.5 Å². The van der Waals surface area contributed by atoms with Crippen LogP contribution in [0.5, 0.6) is 0 Å². The summed E-state index contributed by atoms with van der Waals surface area (Å²) in [6.07, 6.45) is -5.68. The summed E-state index contributed by atoms with van der Waals surface area (Å²) in [5.41, 5.74) is 5.65. The predicted octanol–water partition coefficient (Wildman–Crippen LogP) is 3.26. The van der Waals surface area contributed by atoms with E-state index in [-0.39, 0.29) is 20.1 Å². The van der Waals surface area contributed by atoms with Crippen LogP contribution in [0.4, 0.5) is 18.9 Å². The number of benzene rings is 1. The lowest BCUT2D eigenvalue weighted by Gasteiger charge is -2.19. The lowest BCUT2D eigenvalue weighted by Crippen LogP contribution is -2.31. The third-order valence-electron chi connectivity index (χ3n) is 2.43. The van der Waals surface area contributed by atoms with E-state index in [1.807, 2.05) is 0 Å². The average Bonchev–Trinajstić information content (AvgIpc) is 2.29. The van der Waals surface area contributed by atoms with Crippen molar-refractivity contribution in [1.29, 1.82) is 0 Å². The number of anilines is 1. The summed E-state index contributed by atoms with van der Waals surface area (Å²) in [6, 6.07) is 2.46. The molecule has 1 aromatic carbocycles. The van der Waals surface area contributed by atoms with Crippen LogP contribution < -0.4 is 5.73 Å². The summed E-state index contributed by atoms with van der Waals surface area (Å²) in [4.78, 5) is -0.271. The van der Waals surface area contributed by atoms with Crippen LogP contribution in [0.25, 0.3) is 0 Å². The molecule has 0 spiro atoms. The Morgan fingerprint density at radius 1 is 1.40 bits per heavy atom. The van der Waals surface area contributed by atoms with Gasteiger partial charge in [0, 0.05) is 24.3 Å². The van der Waals surface area contributed by atoms with E-state index in [2.05, 4.69) is 15.9 Å². The van der Waals surface area contributed by atoms with Gasteiger partial charge >= 0.3 is 6.18 Å². The Kier molecular flexibility index (Phi) is 5.34. The Morgan fingerprint density at radius 2 is 1.95 bits per heavy atom. The zero-order valence-electron chi connectivity index (χ0n) is 10.2. The van der Waals surface area contributed by atoms with E-state index >= 15 is 0 Å². The Bertz CT molecular complexity index is 607. The van der Waals surface area contributed by atoms with Crippen molar-refractivity contribution in [3.05, 3.63) is 21.6 Å². The molecule has 0 aliphatic heterocycles. The van der Waals surface area contributed by atoms with Crippen molar-refractivity contribution >= 4 is 43.2 Å². The lowest BCUT2D eigenvalue weighted by atomic mass is 10.3. The van der Waals surface area contributed by atoms with Gasteiger partial charge in [0.2, 0.25) is 10.0 Å².